The van der Waals surface area contributed by atoms with E-state index >= 15 is 0 Å². The van der Waals surface area contributed by atoms with Gasteiger partial charge < -0.3 is 19.7 Å². The van der Waals surface area contributed by atoms with E-state index < -0.39 is 12.0 Å². The summed E-state index contributed by atoms with van der Waals surface area (Å²) >= 11 is 5.85. The van der Waals surface area contributed by atoms with Gasteiger partial charge in [0, 0.05) is 18.1 Å². The van der Waals surface area contributed by atoms with Crippen molar-refractivity contribution in [3.05, 3.63) is 29.3 Å². The van der Waals surface area contributed by atoms with Crippen molar-refractivity contribution < 1.29 is 23.9 Å². The zero-order valence-corrected chi connectivity index (χ0v) is 19.7. The molecule has 0 spiro atoms. The molecule has 178 valence electrons. The first-order valence-electron chi connectivity index (χ1n) is 11.6. The van der Waals surface area contributed by atoms with Crippen LogP contribution in [0.3, 0.4) is 0 Å². The van der Waals surface area contributed by atoms with Crippen LogP contribution >= 0.6 is 11.6 Å². The van der Waals surface area contributed by atoms with Crippen molar-refractivity contribution in [2.75, 3.05) is 26.3 Å². The Morgan fingerprint density at radius 2 is 1.72 bits per heavy atom. The first-order valence-corrected chi connectivity index (χ1v) is 12.0. The van der Waals surface area contributed by atoms with Crippen molar-refractivity contribution >= 4 is 29.4 Å². The van der Waals surface area contributed by atoms with Crippen molar-refractivity contribution in [3.8, 4) is 5.75 Å². The van der Waals surface area contributed by atoms with Gasteiger partial charge in [-0.1, -0.05) is 63.5 Å². The van der Waals surface area contributed by atoms with Crippen molar-refractivity contribution in [2.45, 2.75) is 70.8 Å². The second-order valence-corrected chi connectivity index (χ2v) is 8.47. The van der Waals surface area contributed by atoms with Gasteiger partial charge in [-0.25, -0.2) is 0 Å². The molecule has 1 aliphatic rings. The predicted octanol–water partition coefficient (Wildman–Crippen LogP) is 4.12. The summed E-state index contributed by atoms with van der Waals surface area (Å²) in [5.41, 5.74) is 0. The molecule has 1 N–H and O–H groups in total. The minimum atomic E-state index is -0.879. The van der Waals surface area contributed by atoms with Crippen LogP contribution < -0.4 is 10.1 Å². The average molecular weight is 467 g/mol. The number of ether oxygens (including phenoxy) is 2. The summed E-state index contributed by atoms with van der Waals surface area (Å²) < 4.78 is 10.8. The molecule has 1 saturated heterocycles. The largest absolute Gasteiger partial charge is 0.484 e. The molecule has 32 heavy (non-hydrogen) atoms. The number of piperazine rings is 1. The smallest absolute Gasteiger partial charge is 0.308 e. The van der Waals surface area contributed by atoms with E-state index in [4.69, 9.17) is 21.1 Å². The van der Waals surface area contributed by atoms with E-state index in [9.17, 15) is 14.4 Å². The van der Waals surface area contributed by atoms with Crippen LogP contribution in [0.5, 0.6) is 5.75 Å². The highest BCUT2D eigenvalue weighted by Crippen LogP contribution is 2.17. The lowest BCUT2D eigenvalue weighted by molar-refractivity contribution is -0.152. The van der Waals surface area contributed by atoms with Gasteiger partial charge in [-0.05, 0) is 30.7 Å². The molecule has 0 aromatic heterocycles. The maximum atomic E-state index is 12.6. The highest BCUT2D eigenvalue weighted by molar-refractivity contribution is 6.30. The fraction of sp³-hybridized carbons (Fsp3) is 0.625. The molecule has 7 nitrogen and oxygen atoms in total. The summed E-state index contributed by atoms with van der Waals surface area (Å²) in [5.74, 6) is -0.659. The van der Waals surface area contributed by atoms with Gasteiger partial charge in [0.15, 0.2) is 6.61 Å². The summed E-state index contributed by atoms with van der Waals surface area (Å²) in [6.07, 6.45) is 9.12. The molecular formula is C24H35ClN2O5. The number of unbranched alkanes of at least 4 members (excludes halogenated alkanes) is 7. The Labute approximate surface area is 195 Å². The maximum absolute atomic E-state index is 12.6. The minimum Gasteiger partial charge on any atom is -0.484 e. The second-order valence-electron chi connectivity index (χ2n) is 8.04. The molecule has 1 atom stereocenters. The van der Waals surface area contributed by atoms with Crippen LogP contribution in [-0.4, -0.2) is 55.0 Å². The molecule has 1 aliphatic heterocycles. The van der Waals surface area contributed by atoms with Crippen LogP contribution in [-0.2, 0) is 19.1 Å². The number of rotatable bonds is 14. The number of amides is 2. The van der Waals surface area contributed by atoms with Crippen molar-refractivity contribution in [2.24, 2.45) is 0 Å². The van der Waals surface area contributed by atoms with Crippen LogP contribution in [0.15, 0.2) is 24.3 Å². The molecule has 1 unspecified atom stereocenters. The Kier molecular flexibility index (Phi) is 11.9. The Morgan fingerprint density at radius 1 is 1.06 bits per heavy atom. The number of hydrogen-bond acceptors (Lipinski definition) is 5. The van der Waals surface area contributed by atoms with Crippen LogP contribution in [0.25, 0.3) is 0 Å². The highest BCUT2D eigenvalue weighted by Gasteiger charge is 2.35. The number of esters is 1. The summed E-state index contributed by atoms with van der Waals surface area (Å²) in [4.78, 5) is 38.6. The summed E-state index contributed by atoms with van der Waals surface area (Å²) in [6, 6.07) is 5.79. The predicted molar refractivity (Wildman–Crippen MR) is 124 cm³/mol. The van der Waals surface area contributed by atoms with Crippen LogP contribution in [0, 0.1) is 0 Å². The van der Waals surface area contributed by atoms with E-state index in [1.54, 1.807) is 24.3 Å². The maximum Gasteiger partial charge on any atom is 0.308 e. The second kappa shape index (κ2) is 14.7. The van der Waals surface area contributed by atoms with E-state index in [2.05, 4.69) is 12.2 Å². The van der Waals surface area contributed by atoms with Crippen LogP contribution in [0.1, 0.15) is 64.7 Å². The van der Waals surface area contributed by atoms with Crippen molar-refractivity contribution in [3.63, 3.8) is 0 Å². The Morgan fingerprint density at radius 3 is 2.41 bits per heavy atom. The van der Waals surface area contributed by atoms with Gasteiger partial charge >= 0.3 is 5.97 Å². The van der Waals surface area contributed by atoms with E-state index in [0.717, 1.165) is 19.3 Å². The third-order valence-electron chi connectivity index (χ3n) is 5.45. The van der Waals surface area contributed by atoms with Crippen LogP contribution in [0.4, 0.5) is 0 Å². The molecule has 0 radical (unpaired) electrons. The third-order valence-corrected chi connectivity index (χ3v) is 5.70. The number of halogens is 1. The first-order chi connectivity index (χ1) is 15.5. The normalized spacial score (nSPS) is 15.9. The molecule has 0 bridgehead atoms. The van der Waals surface area contributed by atoms with Gasteiger partial charge in [-0.15, -0.1) is 0 Å². The standard InChI is InChI=1S/C24H35ClN2O5/c1-2-3-4-5-6-7-8-9-16-31-23(29)17-21-24(30)26-14-15-27(21)22(28)18-32-20-12-10-19(25)11-13-20/h10-13,21H,2-9,14-18H2,1H3,(H,26,30). The van der Waals surface area contributed by atoms with Gasteiger partial charge in [-0.3, -0.25) is 14.4 Å². The average Bonchev–Trinajstić information content (AvgIpc) is 2.78. The Hall–Kier alpha value is -2.28. The van der Waals surface area contributed by atoms with Gasteiger partial charge in [0.1, 0.15) is 11.8 Å². The molecule has 0 aliphatic carbocycles. The lowest BCUT2D eigenvalue weighted by Crippen LogP contribution is -2.58. The zero-order chi connectivity index (χ0) is 23.2. The van der Waals surface area contributed by atoms with Gasteiger partial charge in [0.25, 0.3) is 5.91 Å². The van der Waals surface area contributed by atoms with E-state index in [-0.39, 0.29) is 24.8 Å². The summed E-state index contributed by atoms with van der Waals surface area (Å²) in [5, 5.41) is 3.28. The zero-order valence-electron chi connectivity index (χ0n) is 18.9. The molecule has 1 fully saturated rings. The SMILES string of the molecule is CCCCCCCCCCOC(=O)CC1C(=O)NCCN1C(=O)COc1ccc(Cl)cc1. The number of carbonyl (C=O) groups is 3. The number of nitrogens with one attached hydrogen (secondary N) is 1. The van der Waals surface area contributed by atoms with Gasteiger partial charge in [0.05, 0.1) is 13.0 Å². The molecular weight excluding hydrogens is 432 g/mol. The molecule has 2 amide bonds. The lowest BCUT2D eigenvalue weighted by Gasteiger charge is -2.34. The molecule has 1 aromatic carbocycles. The summed E-state index contributed by atoms with van der Waals surface area (Å²) in [6.45, 7) is 2.99. The fourth-order valence-electron chi connectivity index (χ4n) is 3.61. The fourth-order valence-corrected chi connectivity index (χ4v) is 3.74. The first kappa shape index (κ1) is 26.0. The van der Waals surface area contributed by atoms with Crippen molar-refractivity contribution in [1.29, 1.82) is 0 Å². The number of nitrogens with zero attached hydrogens (tertiary/aromatic N) is 1. The third kappa shape index (κ3) is 9.47. The summed E-state index contributed by atoms with van der Waals surface area (Å²) in [7, 11) is 0. The molecule has 1 aromatic rings. The van der Waals surface area contributed by atoms with E-state index in [0.29, 0.717) is 30.5 Å². The van der Waals surface area contributed by atoms with E-state index in [1.807, 2.05) is 0 Å². The molecule has 2 rings (SSSR count). The Bertz CT molecular complexity index is 726. The quantitative estimate of drug-likeness (QED) is 0.329. The highest BCUT2D eigenvalue weighted by atomic mass is 35.5. The number of benzene rings is 1. The van der Waals surface area contributed by atoms with Crippen molar-refractivity contribution in [1.82, 2.24) is 10.2 Å². The monoisotopic (exact) mass is 466 g/mol. The number of carbonyl (C=O) groups excluding carboxylic acids is 3. The Balaban J connectivity index is 1.71. The van der Waals surface area contributed by atoms with Gasteiger partial charge in [-0.2, -0.15) is 0 Å². The van der Waals surface area contributed by atoms with Gasteiger partial charge in [0.2, 0.25) is 5.91 Å². The lowest BCUT2D eigenvalue weighted by atomic mass is 10.1. The number of hydrogen-bond donors (Lipinski definition) is 1. The van der Waals surface area contributed by atoms with Crippen LogP contribution in [0.2, 0.25) is 5.02 Å². The van der Waals surface area contributed by atoms with E-state index in [1.165, 1.54) is 37.0 Å². The molecule has 1 heterocycles. The topological polar surface area (TPSA) is 84.9 Å². The molecule has 8 heteroatoms. The molecule has 0 saturated carbocycles. The minimum absolute atomic E-state index is 0.157.